The molecule has 0 bridgehead atoms. The normalized spacial score (nSPS) is 10.7. The number of benzene rings is 1. The second-order valence-corrected chi connectivity index (χ2v) is 4.34. The number of aryl methyl sites for hydroxylation is 1. The number of thiophene rings is 1. The first-order valence-electron chi connectivity index (χ1n) is 4.34. The van der Waals surface area contributed by atoms with E-state index in [2.05, 4.69) is 0 Å². The Bertz CT molecular complexity index is 485. The molecule has 2 rings (SSSR count). The minimum atomic E-state index is 0.0388. The molecule has 2 nitrogen and oxygen atoms in total. The van der Waals surface area contributed by atoms with Crippen LogP contribution in [0.4, 0.5) is 0 Å². The molecule has 0 aliphatic heterocycles. The molecule has 0 amide bonds. The fourth-order valence-corrected chi connectivity index (χ4v) is 2.57. The van der Waals surface area contributed by atoms with Crippen molar-refractivity contribution >= 4 is 27.7 Å². The summed E-state index contributed by atoms with van der Waals surface area (Å²) in [6.45, 7) is 2.04. The van der Waals surface area contributed by atoms with Crippen LogP contribution in [-0.2, 0) is 6.61 Å². The largest absolute Gasteiger partial charge is 0.391 e. The Morgan fingerprint density at radius 2 is 2.29 bits per heavy atom. The summed E-state index contributed by atoms with van der Waals surface area (Å²) in [6.07, 6.45) is 0.861. The van der Waals surface area contributed by atoms with Crippen molar-refractivity contribution in [3.63, 3.8) is 0 Å². The first-order chi connectivity index (χ1) is 6.76. The number of aliphatic hydroxyl groups is 1. The lowest BCUT2D eigenvalue weighted by Gasteiger charge is -1.96. The number of rotatable bonds is 2. The van der Waals surface area contributed by atoms with Crippen LogP contribution in [-0.4, -0.2) is 11.4 Å². The third kappa shape index (κ3) is 1.35. The van der Waals surface area contributed by atoms with Crippen molar-refractivity contribution in [2.75, 3.05) is 0 Å². The van der Waals surface area contributed by atoms with Gasteiger partial charge in [0.15, 0.2) is 6.29 Å². The lowest BCUT2D eigenvalue weighted by Crippen LogP contribution is -1.80. The summed E-state index contributed by atoms with van der Waals surface area (Å²) in [5, 5.41) is 10.1. The predicted octanol–water partition coefficient (Wildman–Crippen LogP) is 2.51. The lowest BCUT2D eigenvalue weighted by atomic mass is 10.1. The number of fused-ring (bicyclic) bond motifs is 1. The Kier molecular flexibility index (Phi) is 2.35. The van der Waals surface area contributed by atoms with E-state index >= 15 is 0 Å². The highest BCUT2D eigenvalue weighted by atomic mass is 32.1. The Morgan fingerprint density at radius 1 is 1.50 bits per heavy atom. The molecule has 0 radical (unpaired) electrons. The van der Waals surface area contributed by atoms with E-state index in [1.165, 1.54) is 11.3 Å². The van der Waals surface area contributed by atoms with Crippen LogP contribution in [0.1, 0.15) is 20.8 Å². The fourth-order valence-electron chi connectivity index (χ4n) is 1.50. The highest BCUT2D eigenvalue weighted by Gasteiger charge is 2.07. The number of carbonyl (C=O) groups is 1. The minimum Gasteiger partial charge on any atom is -0.391 e. The highest BCUT2D eigenvalue weighted by Crippen LogP contribution is 2.30. The molecule has 0 fully saturated rings. The van der Waals surface area contributed by atoms with Gasteiger partial charge in [0.2, 0.25) is 0 Å². The molecule has 0 spiro atoms. The van der Waals surface area contributed by atoms with E-state index in [1.54, 1.807) is 0 Å². The molecule has 0 atom stereocenters. The van der Waals surface area contributed by atoms with Crippen LogP contribution in [0.25, 0.3) is 10.1 Å². The van der Waals surface area contributed by atoms with Crippen LogP contribution in [0.5, 0.6) is 0 Å². The summed E-state index contributed by atoms with van der Waals surface area (Å²) in [7, 11) is 0. The van der Waals surface area contributed by atoms with Crippen molar-refractivity contribution in [2.45, 2.75) is 13.5 Å². The first kappa shape index (κ1) is 9.37. The average molecular weight is 206 g/mol. The van der Waals surface area contributed by atoms with Gasteiger partial charge in [-0.05, 0) is 30.0 Å². The van der Waals surface area contributed by atoms with E-state index in [9.17, 15) is 4.79 Å². The Balaban J connectivity index is 2.81. The first-order valence-corrected chi connectivity index (χ1v) is 5.16. The third-order valence-electron chi connectivity index (χ3n) is 2.27. The molecule has 1 aromatic carbocycles. The summed E-state index contributed by atoms with van der Waals surface area (Å²) in [6, 6.07) is 5.70. The lowest BCUT2D eigenvalue weighted by molar-refractivity contribution is 0.112. The van der Waals surface area contributed by atoms with Gasteiger partial charge >= 0.3 is 0 Å². The molecule has 1 aromatic heterocycles. The Hall–Kier alpha value is -1.19. The molecule has 72 valence electrons. The summed E-state index contributed by atoms with van der Waals surface area (Å²) < 4.78 is 0.976. The predicted molar refractivity (Wildman–Crippen MR) is 57.9 cm³/mol. The van der Waals surface area contributed by atoms with Crippen molar-refractivity contribution in [1.29, 1.82) is 0 Å². The van der Waals surface area contributed by atoms with Gasteiger partial charge in [-0.25, -0.2) is 0 Å². The summed E-state index contributed by atoms with van der Waals surface area (Å²) >= 11 is 1.48. The van der Waals surface area contributed by atoms with Gasteiger partial charge in [0, 0.05) is 15.1 Å². The number of aliphatic hydroxyl groups excluding tert-OH is 1. The van der Waals surface area contributed by atoms with Crippen LogP contribution in [0, 0.1) is 6.92 Å². The smallest absolute Gasteiger partial charge is 0.151 e. The Labute approximate surface area is 85.8 Å². The molecular weight excluding hydrogens is 196 g/mol. The molecule has 0 aliphatic rings. The molecular formula is C11H10O2S. The molecule has 0 unspecified atom stereocenters. The van der Waals surface area contributed by atoms with Crippen LogP contribution in [0.2, 0.25) is 0 Å². The molecule has 0 saturated heterocycles. The second-order valence-electron chi connectivity index (χ2n) is 3.20. The number of aldehydes is 1. The highest BCUT2D eigenvalue weighted by molar-refractivity contribution is 7.19. The van der Waals surface area contributed by atoms with E-state index in [0.717, 1.165) is 26.8 Å². The fraction of sp³-hybridized carbons (Fsp3) is 0.182. The monoisotopic (exact) mass is 206 g/mol. The van der Waals surface area contributed by atoms with E-state index in [4.69, 9.17) is 5.11 Å². The average Bonchev–Trinajstić information content (AvgIpc) is 2.63. The van der Waals surface area contributed by atoms with Gasteiger partial charge in [0.05, 0.1) is 6.61 Å². The van der Waals surface area contributed by atoms with Crippen LogP contribution >= 0.6 is 11.3 Å². The maximum absolute atomic E-state index is 10.8. The topological polar surface area (TPSA) is 37.3 Å². The van der Waals surface area contributed by atoms with Crippen LogP contribution in [0.15, 0.2) is 18.2 Å². The minimum absolute atomic E-state index is 0.0388. The van der Waals surface area contributed by atoms with Gasteiger partial charge in [-0.1, -0.05) is 6.07 Å². The van der Waals surface area contributed by atoms with Crippen LogP contribution < -0.4 is 0 Å². The number of hydrogen-bond donors (Lipinski definition) is 1. The maximum atomic E-state index is 10.8. The van der Waals surface area contributed by atoms with Crippen molar-refractivity contribution < 1.29 is 9.90 Å². The zero-order valence-electron chi connectivity index (χ0n) is 7.78. The summed E-state index contributed by atoms with van der Waals surface area (Å²) in [5.41, 5.74) is 1.84. The van der Waals surface area contributed by atoms with Gasteiger partial charge in [0.1, 0.15) is 0 Å². The van der Waals surface area contributed by atoms with Gasteiger partial charge in [-0.15, -0.1) is 11.3 Å². The van der Waals surface area contributed by atoms with E-state index < -0.39 is 0 Å². The standard InChI is InChI=1S/C11H10O2S/c1-7-2-3-8(5-12)11-10(7)4-9(6-13)14-11/h2-5,13H,6H2,1H3. The quantitative estimate of drug-likeness (QED) is 0.766. The molecule has 14 heavy (non-hydrogen) atoms. The SMILES string of the molecule is Cc1ccc(C=O)c2sc(CO)cc12. The Morgan fingerprint density at radius 3 is 2.93 bits per heavy atom. The molecule has 0 saturated carbocycles. The van der Waals surface area contributed by atoms with Crippen molar-refractivity contribution in [2.24, 2.45) is 0 Å². The van der Waals surface area contributed by atoms with E-state index in [1.807, 2.05) is 25.1 Å². The zero-order valence-corrected chi connectivity index (χ0v) is 8.60. The molecule has 0 aliphatic carbocycles. The summed E-state index contributed by atoms with van der Waals surface area (Å²) in [5.74, 6) is 0. The van der Waals surface area contributed by atoms with Gasteiger partial charge < -0.3 is 5.11 Å². The van der Waals surface area contributed by atoms with Gasteiger partial charge in [-0.2, -0.15) is 0 Å². The number of carbonyl (C=O) groups excluding carboxylic acids is 1. The van der Waals surface area contributed by atoms with Crippen molar-refractivity contribution in [3.05, 3.63) is 34.2 Å². The molecule has 2 aromatic rings. The van der Waals surface area contributed by atoms with Crippen molar-refractivity contribution in [1.82, 2.24) is 0 Å². The molecule has 1 heterocycles. The third-order valence-corrected chi connectivity index (χ3v) is 3.43. The van der Waals surface area contributed by atoms with Gasteiger partial charge in [0.25, 0.3) is 0 Å². The molecule has 3 heteroatoms. The molecule has 1 N–H and O–H groups in total. The van der Waals surface area contributed by atoms with Crippen molar-refractivity contribution in [3.8, 4) is 0 Å². The summed E-state index contributed by atoms with van der Waals surface area (Å²) in [4.78, 5) is 11.7. The van der Waals surface area contributed by atoms with Gasteiger partial charge in [-0.3, -0.25) is 4.79 Å². The second kappa shape index (κ2) is 3.52. The van der Waals surface area contributed by atoms with Crippen LogP contribution in [0.3, 0.4) is 0 Å². The zero-order chi connectivity index (χ0) is 10.1. The maximum Gasteiger partial charge on any atom is 0.151 e. The van der Waals surface area contributed by atoms with E-state index in [-0.39, 0.29) is 6.61 Å². The number of hydrogen-bond acceptors (Lipinski definition) is 3. The van der Waals surface area contributed by atoms with E-state index in [0.29, 0.717) is 5.56 Å².